The lowest BCUT2D eigenvalue weighted by atomic mass is 10.1. The number of unbranched alkanes of at least 4 members (excludes halogenated alkanes) is 1. The molecule has 62 valence electrons. The Bertz CT molecular complexity index is 157. The average Bonchev–Trinajstić information content (AvgIpc) is 1.97. The minimum atomic E-state index is 0.0579. The maximum atomic E-state index is 10.9. The van der Waals surface area contributed by atoms with Gasteiger partial charge in [-0.15, -0.1) is 0 Å². The van der Waals surface area contributed by atoms with E-state index in [4.69, 9.17) is 0 Å². The fourth-order valence-electron chi connectivity index (χ4n) is 0.556. The Hall–Kier alpha value is -0.920. The molecule has 0 fully saturated rings. The Morgan fingerprint density at radius 2 is 2.00 bits per heavy atom. The minimum absolute atomic E-state index is 0.0579. The fraction of sp³-hybridized carbons (Fsp3) is 0.556. The molecule has 0 heterocycles. The molecule has 0 saturated heterocycles. The van der Waals surface area contributed by atoms with E-state index in [2.05, 4.69) is 0 Å². The van der Waals surface area contributed by atoms with Gasteiger partial charge in [0.05, 0.1) is 0 Å². The minimum Gasteiger partial charge on any atom is -0.303 e. The monoisotopic (exact) mass is 154 g/mol. The van der Waals surface area contributed by atoms with Crippen molar-refractivity contribution in [1.29, 1.82) is 0 Å². The highest BCUT2D eigenvalue weighted by Crippen LogP contribution is 1.96. The first-order chi connectivity index (χ1) is 5.18. The average molecular weight is 154 g/mol. The molecule has 0 radical (unpaired) electrons. The molecular formula is C9H14O2. The van der Waals surface area contributed by atoms with Crippen molar-refractivity contribution < 1.29 is 9.59 Å². The summed E-state index contributed by atoms with van der Waals surface area (Å²) in [6.45, 7) is 3.71. The normalized spacial score (nSPS) is 10.8. The van der Waals surface area contributed by atoms with Crippen LogP contribution in [0, 0.1) is 5.92 Å². The fourth-order valence-corrected chi connectivity index (χ4v) is 0.556. The number of aldehydes is 1. The lowest BCUT2D eigenvalue weighted by Crippen LogP contribution is -2.01. The van der Waals surface area contributed by atoms with Crippen molar-refractivity contribution in [2.75, 3.05) is 0 Å². The van der Waals surface area contributed by atoms with Crippen molar-refractivity contribution in [1.82, 2.24) is 0 Å². The summed E-state index contributed by atoms with van der Waals surface area (Å²) in [5, 5.41) is 0. The lowest BCUT2D eigenvalue weighted by Gasteiger charge is -1.95. The second-order valence-corrected chi connectivity index (χ2v) is 2.70. The topological polar surface area (TPSA) is 34.1 Å². The molecule has 0 saturated carbocycles. The zero-order chi connectivity index (χ0) is 8.69. The van der Waals surface area contributed by atoms with Crippen molar-refractivity contribution in [2.45, 2.75) is 26.7 Å². The first kappa shape index (κ1) is 10.1. The largest absolute Gasteiger partial charge is 0.303 e. The van der Waals surface area contributed by atoms with Gasteiger partial charge in [-0.05, 0) is 12.5 Å². The molecule has 0 rings (SSSR count). The van der Waals surface area contributed by atoms with Crippen LogP contribution in [0.2, 0.25) is 0 Å². The van der Waals surface area contributed by atoms with Crippen molar-refractivity contribution in [3.05, 3.63) is 12.2 Å². The molecular weight excluding hydrogens is 140 g/mol. The Balaban J connectivity index is 3.56. The molecule has 0 atom stereocenters. The van der Waals surface area contributed by atoms with Crippen LogP contribution in [0.4, 0.5) is 0 Å². The van der Waals surface area contributed by atoms with Crippen molar-refractivity contribution in [3.8, 4) is 0 Å². The SMILES string of the molecule is CC(C)C(=O)C=CCCC=O. The van der Waals surface area contributed by atoms with E-state index in [0.717, 1.165) is 6.29 Å². The molecule has 0 bridgehead atoms. The molecule has 2 nitrogen and oxygen atoms in total. The number of hydrogen-bond donors (Lipinski definition) is 0. The van der Waals surface area contributed by atoms with E-state index in [9.17, 15) is 9.59 Å². The molecule has 0 aromatic heterocycles. The van der Waals surface area contributed by atoms with Gasteiger partial charge < -0.3 is 4.79 Å². The van der Waals surface area contributed by atoms with Gasteiger partial charge in [-0.3, -0.25) is 4.79 Å². The van der Waals surface area contributed by atoms with Crippen LogP contribution in [0.1, 0.15) is 26.7 Å². The molecule has 0 aliphatic rings. The Morgan fingerprint density at radius 3 is 2.45 bits per heavy atom. The van der Waals surface area contributed by atoms with Crippen LogP contribution in [0.5, 0.6) is 0 Å². The van der Waals surface area contributed by atoms with Gasteiger partial charge in [0, 0.05) is 12.3 Å². The maximum Gasteiger partial charge on any atom is 0.157 e. The van der Waals surface area contributed by atoms with Crippen molar-refractivity contribution in [3.63, 3.8) is 0 Å². The smallest absolute Gasteiger partial charge is 0.157 e. The molecule has 0 N–H and O–H groups in total. The van der Waals surface area contributed by atoms with Gasteiger partial charge in [-0.1, -0.05) is 19.9 Å². The molecule has 0 spiro atoms. The van der Waals surface area contributed by atoms with Gasteiger partial charge in [0.1, 0.15) is 6.29 Å². The Kier molecular flexibility index (Phi) is 5.35. The van der Waals surface area contributed by atoms with Crippen LogP contribution in [0.25, 0.3) is 0 Å². The Morgan fingerprint density at radius 1 is 1.36 bits per heavy atom. The van der Waals surface area contributed by atoms with Gasteiger partial charge in [-0.2, -0.15) is 0 Å². The number of carbonyl (C=O) groups excluding carboxylic acids is 2. The van der Waals surface area contributed by atoms with Crippen molar-refractivity contribution in [2.24, 2.45) is 5.92 Å². The summed E-state index contributed by atoms with van der Waals surface area (Å²) in [5.41, 5.74) is 0. The summed E-state index contributed by atoms with van der Waals surface area (Å²) < 4.78 is 0. The number of hydrogen-bond acceptors (Lipinski definition) is 2. The first-order valence-electron chi connectivity index (χ1n) is 3.82. The lowest BCUT2D eigenvalue weighted by molar-refractivity contribution is -0.117. The molecule has 11 heavy (non-hydrogen) atoms. The summed E-state index contributed by atoms with van der Waals surface area (Å²) in [4.78, 5) is 20.8. The standard InChI is InChI=1S/C9H14O2/c1-8(2)9(11)6-4-3-5-7-10/h4,6-8H,3,5H2,1-2H3. The van der Waals surface area contributed by atoms with E-state index in [-0.39, 0.29) is 11.7 Å². The van der Waals surface area contributed by atoms with Gasteiger partial charge in [0.15, 0.2) is 5.78 Å². The van der Waals surface area contributed by atoms with Crippen LogP contribution in [0.15, 0.2) is 12.2 Å². The highest BCUT2D eigenvalue weighted by atomic mass is 16.1. The highest BCUT2D eigenvalue weighted by Gasteiger charge is 2.00. The van der Waals surface area contributed by atoms with E-state index in [1.165, 1.54) is 0 Å². The zero-order valence-corrected chi connectivity index (χ0v) is 7.04. The molecule has 0 aliphatic carbocycles. The number of carbonyl (C=O) groups is 2. The van der Waals surface area contributed by atoms with Gasteiger partial charge in [-0.25, -0.2) is 0 Å². The van der Waals surface area contributed by atoms with Crippen LogP contribution < -0.4 is 0 Å². The highest BCUT2D eigenvalue weighted by molar-refractivity contribution is 5.91. The number of rotatable bonds is 5. The second-order valence-electron chi connectivity index (χ2n) is 2.70. The molecule has 2 heteroatoms. The van der Waals surface area contributed by atoms with E-state index in [1.807, 2.05) is 13.8 Å². The molecule has 0 aromatic carbocycles. The van der Waals surface area contributed by atoms with E-state index in [1.54, 1.807) is 12.2 Å². The summed E-state index contributed by atoms with van der Waals surface area (Å²) in [6, 6.07) is 0. The van der Waals surface area contributed by atoms with E-state index < -0.39 is 0 Å². The molecule has 0 aromatic rings. The van der Waals surface area contributed by atoms with Crippen LogP contribution >= 0.6 is 0 Å². The van der Waals surface area contributed by atoms with Gasteiger partial charge >= 0.3 is 0 Å². The van der Waals surface area contributed by atoms with Crippen LogP contribution in [-0.2, 0) is 9.59 Å². The summed E-state index contributed by atoms with van der Waals surface area (Å²) in [6.07, 6.45) is 5.32. The molecule has 0 unspecified atom stereocenters. The first-order valence-corrected chi connectivity index (χ1v) is 3.82. The summed E-state index contributed by atoms with van der Waals surface area (Å²) in [7, 11) is 0. The van der Waals surface area contributed by atoms with Crippen molar-refractivity contribution >= 4 is 12.1 Å². The quantitative estimate of drug-likeness (QED) is 0.343. The summed E-state index contributed by atoms with van der Waals surface area (Å²) >= 11 is 0. The molecule has 0 aliphatic heterocycles. The summed E-state index contributed by atoms with van der Waals surface area (Å²) in [5.74, 6) is 0.179. The number of ketones is 1. The van der Waals surface area contributed by atoms with Crippen LogP contribution in [0.3, 0.4) is 0 Å². The van der Waals surface area contributed by atoms with Crippen LogP contribution in [-0.4, -0.2) is 12.1 Å². The zero-order valence-electron chi connectivity index (χ0n) is 7.04. The molecule has 0 amide bonds. The third-order valence-electron chi connectivity index (χ3n) is 1.30. The predicted molar refractivity (Wildman–Crippen MR) is 44.3 cm³/mol. The third kappa shape index (κ3) is 5.52. The van der Waals surface area contributed by atoms with Gasteiger partial charge in [0.25, 0.3) is 0 Å². The predicted octanol–water partition coefficient (Wildman–Crippen LogP) is 1.75. The number of allylic oxidation sites excluding steroid dienone is 2. The van der Waals surface area contributed by atoms with Gasteiger partial charge in [0.2, 0.25) is 0 Å². The Labute approximate surface area is 67.3 Å². The second kappa shape index (κ2) is 5.83. The third-order valence-corrected chi connectivity index (χ3v) is 1.30. The van der Waals surface area contributed by atoms with E-state index in [0.29, 0.717) is 12.8 Å². The maximum absolute atomic E-state index is 10.9. The van der Waals surface area contributed by atoms with E-state index >= 15 is 0 Å².